The number of ketones is 1. The highest BCUT2D eigenvalue weighted by molar-refractivity contribution is 7.99. The third-order valence-electron chi connectivity index (χ3n) is 6.97. The fourth-order valence-electron chi connectivity index (χ4n) is 5.04. The lowest BCUT2D eigenvalue weighted by Crippen LogP contribution is -2.47. The molecule has 1 fully saturated rings. The van der Waals surface area contributed by atoms with Gasteiger partial charge in [0.15, 0.2) is 0 Å². The van der Waals surface area contributed by atoms with E-state index < -0.39 is 0 Å². The number of halogens is 1. The summed E-state index contributed by atoms with van der Waals surface area (Å²) < 4.78 is 18.8. The first-order valence-corrected chi connectivity index (χ1v) is 13.0. The van der Waals surface area contributed by atoms with Crippen LogP contribution in [0.4, 0.5) is 15.8 Å². The number of anilines is 2. The van der Waals surface area contributed by atoms with Crippen molar-refractivity contribution in [1.29, 1.82) is 0 Å². The van der Waals surface area contributed by atoms with E-state index in [-0.39, 0.29) is 29.5 Å². The van der Waals surface area contributed by atoms with Gasteiger partial charge in [-0.1, -0.05) is 6.07 Å². The van der Waals surface area contributed by atoms with Crippen LogP contribution in [0.3, 0.4) is 0 Å². The smallest absolute Gasteiger partial charge is 0.328 e. The molecule has 1 N–H and O–H groups in total. The number of nitrogens with zero attached hydrogens (tertiary/aromatic N) is 2. The zero-order valence-electron chi connectivity index (χ0n) is 19.4. The van der Waals surface area contributed by atoms with E-state index in [9.17, 15) is 14.0 Å². The number of ether oxygens (including phenoxy) is 1. The lowest BCUT2D eigenvalue weighted by atomic mass is 9.94. The monoisotopic (exact) mass is 483 g/mol. The van der Waals surface area contributed by atoms with Crippen molar-refractivity contribution in [1.82, 2.24) is 4.90 Å². The maximum absolute atomic E-state index is 13.7. The quantitative estimate of drug-likeness (QED) is 0.603. The molecule has 5 rings (SSSR count). The van der Waals surface area contributed by atoms with Gasteiger partial charge in [-0.3, -0.25) is 9.69 Å². The molecule has 2 unspecified atom stereocenters. The number of hydrogen-bond donors (Lipinski definition) is 1. The Morgan fingerprint density at radius 1 is 1.15 bits per heavy atom. The number of carbonyl (C=O) groups is 2. The van der Waals surface area contributed by atoms with Gasteiger partial charge in [-0.05, 0) is 48.4 Å². The highest BCUT2D eigenvalue weighted by Gasteiger charge is 2.31. The Bertz CT molecular complexity index is 1090. The molecule has 0 aliphatic carbocycles. The molecular formula is C26H30FN3O3S. The molecule has 2 atom stereocenters. The van der Waals surface area contributed by atoms with Gasteiger partial charge in [-0.2, -0.15) is 0 Å². The molecule has 0 radical (unpaired) electrons. The minimum atomic E-state index is -0.304. The summed E-state index contributed by atoms with van der Waals surface area (Å²) in [5, 5.41) is 3.30. The van der Waals surface area contributed by atoms with Gasteiger partial charge in [0.05, 0.1) is 12.5 Å². The first-order valence-electron chi connectivity index (χ1n) is 12.0. The van der Waals surface area contributed by atoms with Crippen LogP contribution in [-0.2, 0) is 20.7 Å². The van der Waals surface area contributed by atoms with Gasteiger partial charge in [0, 0.05) is 67.6 Å². The lowest BCUT2D eigenvalue weighted by molar-refractivity contribution is -0.143. The van der Waals surface area contributed by atoms with E-state index in [1.54, 1.807) is 17.8 Å². The number of hydrogen-bond acceptors (Lipinski definition) is 7. The number of nitrogens with one attached hydrogen (secondary N) is 1. The number of Topliss-reactive ketones (excluding diaryl/α,β-unsaturated/α-hetero) is 1. The standard InChI is InChI=1S/C26H30FN3O3S/c1-2-33-26(32)23-13-17-3-5-19(15-22(17)28-23)30-11-9-29(10-12-30)8-7-24(31)21-16-34-25-6-4-18(27)14-20(21)25/h3-6,14-15,21,23,28H,2,7-13,16H2,1H3. The zero-order valence-corrected chi connectivity index (χ0v) is 20.2. The molecule has 0 spiro atoms. The van der Waals surface area contributed by atoms with Crippen molar-refractivity contribution in [3.05, 3.63) is 53.3 Å². The number of piperazine rings is 1. The maximum Gasteiger partial charge on any atom is 0.328 e. The Morgan fingerprint density at radius 2 is 1.97 bits per heavy atom. The zero-order chi connectivity index (χ0) is 23.7. The molecule has 8 heteroatoms. The van der Waals surface area contributed by atoms with Crippen LogP contribution >= 0.6 is 11.8 Å². The normalized spacial score (nSPS) is 21.6. The van der Waals surface area contributed by atoms with E-state index in [2.05, 4.69) is 33.3 Å². The van der Waals surface area contributed by atoms with Crippen molar-refractivity contribution in [3.8, 4) is 0 Å². The highest BCUT2D eigenvalue weighted by atomic mass is 32.2. The lowest BCUT2D eigenvalue weighted by Gasteiger charge is -2.36. The number of benzene rings is 2. The first-order chi connectivity index (χ1) is 16.5. The van der Waals surface area contributed by atoms with Crippen LogP contribution in [0.2, 0.25) is 0 Å². The molecule has 2 aromatic rings. The first kappa shape index (κ1) is 23.2. The number of carbonyl (C=O) groups excluding carboxylic acids is 2. The second-order valence-electron chi connectivity index (χ2n) is 9.09. The second-order valence-corrected chi connectivity index (χ2v) is 10.1. The van der Waals surface area contributed by atoms with Crippen LogP contribution in [0.1, 0.15) is 30.4 Å². The van der Waals surface area contributed by atoms with Crippen molar-refractivity contribution < 1.29 is 18.7 Å². The van der Waals surface area contributed by atoms with Crippen molar-refractivity contribution in [2.45, 2.75) is 36.6 Å². The topological polar surface area (TPSA) is 61.9 Å². The molecule has 0 amide bonds. The molecule has 1 saturated heterocycles. The summed E-state index contributed by atoms with van der Waals surface area (Å²) in [6.45, 7) is 6.53. The van der Waals surface area contributed by atoms with Crippen LogP contribution in [0.25, 0.3) is 0 Å². The van der Waals surface area contributed by atoms with Crippen molar-refractivity contribution in [2.24, 2.45) is 0 Å². The predicted octanol–water partition coefficient (Wildman–Crippen LogP) is 3.70. The number of esters is 1. The molecule has 6 nitrogen and oxygen atoms in total. The Hall–Kier alpha value is -2.58. The minimum Gasteiger partial charge on any atom is -0.464 e. The van der Waals surface area contributed by atoms with E-state index in [1.165, 1.54) is 12.1 Å². The number of fused-ring (bicyclic) bond motifs is 2. The van der Waals surface area contributed by atoms with Crippen LogP contribution < -0.4 is 10.2 Å². The molecule has 0 bridgehead atoms. The maximum atomic E-state index is 13.7. The molecule has 3 heterocycles. The van der Waals surface area contributed by atoms with Crippen molar-refractivity contribution in [3.63, 3.8) is 0 Å². The largest absolute Gasteiger partial charge is 0.464 e. The third-order valence-corrected chi connectivity index (χ3v) is 8.15. The Balaban J connectivity index is 1.11. The van der Waals surface area contributed by atoms with E-state index in [1.807, 2.05) is 6.92 Å². The van der Waals surface area contributed by atoms with Gasteiger partial charge < -0.3 is 15.0 Å². The Labute approximate surface area is 203 Å². The van der Waals surface area contributed by atoms with E-state index in [0.29, 0.717) is 19.4 Å². The number of thioether (sulfide) groups is 1. The fraction of sp³-hybridized carbons (Fsp3) is 0.462. The van der Waals surface area contributed by atoms with Crippen molar-refractivity contribution >= 4 is 34.9 Å². The summed E-state index contributed by atoms with van der Waals surface area (Å²) in [6.07, 6.45) is 1.16. The molecule has 180 valence electrons. The molecular weight excluding hydrogens is 453 g/mol. The summed E-state index contributed by atoms with van der Waals surface area (Å²) in [6, 6.07) is 10.8. The van der Waals surface area contributed by atoms with Gasteiger partial charge in [0.2, 0.25) is 0 Å². The SMILES string of the molecule is CCOC(=O)C1Cc2ccc(N3CCN(CCC(=O)C4CSc5ccc(F)cc54)CC3)cc2N1. The summed E-state index contributed by atoms with van der Waals surface area (Å²) in [5.74, 6) is 0.269. The molecule has 3 aliphatic rings. The predicted molar refractivity (Wildman–Crippen MR) is 132 cm³/mol. The van der Waals surface area contributed by atoms with Gasteiger partial charge in [0.1, 0.15) is 17.6 Å². The van der Waals surface area contributed by atoms with E-state index in [0.717, 1.165) is 65.9 Å². The van der Waals surface area contributed by atoms with Gasteiger partial charge in [-0.25, -0.2) is 9.18 Å². The van der Waals surface area contributed by atoms with Crippen LogP contribution in [0, 0.1) is 5.82 Å². The Morgan fingerprint density at radius 3 is 2.76 bits per heavy atom. The van der Waals surface area contributed by atoms with Gasteiger partial charge in [-0.15, -0.1) is 11.8 Å². The molecule has 0 aromatic heterocycles. The van der Waals surface area contributed by atoms with Crippen LogP contribution in [-0.4, -0.2) is 67.8 Å². The Kier molecular flexibility index (Phi) is 6.79. The summed E-state index contributed by atoms with van der Waals surface area (Å²) >= 11 is 1.65. The summed E-state index contributed by atoms with van der Waals surface area (Å²) in [7, 11) is 0. The van der Waals surface area contributed by atoms with E-state index >= 15 is 0 Å². The molecule has 3 aliphatic heterocycles. The summed E-state index contributed by atoms with van der Waals surface area (Å²) in [4.78, 5) is 30.6. The van der Waals surface area contributed by atoms with E-state index in [4.69, 9.17) is 4.74 Å². The molecule has 0 saturated carbocycles. The van der Waals surface area contributed by atoms with Gasteiger partial charge >= 0.3 is 5.97 Å². The van der Waals surface area contributed by atoms with Crippen LogP contribution in [0.5, 0.6) is 0 Å². The van der Waals surface area contributed by atoms with Crippen molar-refractivity contribution in [2.75, 3.05) is 55.3 Å². The minimum absolute atomic E-state index is 0.186. The summed E-state index contributed by atoms with van der Waals surface area (Å²) in [5.41, 5.74) is 4.16. The van der Waals surface area contributed by atoms with Gasteiger partial charge in [0.25, 0.3) is 0 Å². The second kappa shape index (κ2) is 9.96. The number of rotatable bonds is 7. The third kappa shape index (κ3) is 4.79. The van der Waals surface area contributed by atoms with Crippen LogP contribution in [0.15, 0.2) is 41.3 Å². The highest BCUT2D eigenvalue weighted by Crippen LogP contribution is 2.40. The average molecular weight is 484 g/mol. The molecule has 2 aromatic carbocycles. The fourth-order valence-corrected chi connectivity index (χ4v) is 6.29. The average Bonchev–Trinajstić information content (AvgIpc) is 3.46. The molecule has 34 heavy (non-hydrogen) atoms.